The van der Waals surface area contributed by atoms with Crippen molar-refractivity contribution >= 4 is 58.2 Å². The molecule has 0 aliphatic rings. The molecule has 0 heterocycles. The molecule has 158 valence electrons. The van der Waals surface area contributed by atoms with Gasteiger partial charge in [0.05, 0.1) is 12.8 Å². The molecule has 0 fully saturated rings. The lowest BCUT2D eigenvalue weighted by Crippen LogP contribution is -2.32. The molecule has 0 aromatic heterocycles. The summed E-state index contributed by atoms with van der Waals surface area (Å²) in [6.45, 7) is 2.03. The first-order chi connectivity index (χ1) is 14.4. The van der Waals surface area contributed by atoms with Gasteiger partial charge in [-0.15, -0.1) is 0 Å². The fourth-order valence-electron chi connectivity index (χ4n) is 2.48. The highest BCUT2D eigenvalue weighted by atomic mass is 35.5. The first-order valence-corrected chi connectivity index (χ1v) is 10.2. The average Bonchev–Trinajstić information content (AvgIpc) is 2.72. The van der Waals surface area contributed by atoms with Crippen molar-refractivity contribution in [2.45, 2.75) is 26.2 Å². The van der Waals surface area contributed by atoms with Crippen LogP contribution in [-0.2, 0) is 9.59 Å². The number of methoxy groups -OCH3 is 1. The van der Waals surface area contributed by atoms with Crippen LogP contribution in [-0.4, -0.2) is 24.0 Å². The second kappa shape index (κ2) is 11.9. The molecular formula is C22H24ClN3O3S. The van der Waals surface area contributed by atoms with Crippen molar-refractivity contribution in [1.29, 1.82) is 0 Å². The van der Waals surface area contributed by atoms with Gasteiger partial charge in [-0.3, -0.25) is 14.9 Å². The topological polar surface area (TPSA) is 79.5 Å². The number of benzene rings is 2. The van der Waals surface area contributed by atoms with Gasteiger partial charge in [0.15, 0.2) is 5.11 Å². The van der Waals surface area contributed by atoms with Crippen LogP contribution in [0.1, 0.15) is 31.7 Å². The summed E-state index contributed by atoms with van der Waals surface area (Å²) in [6, 6.07) is 12.2. The minimum absolute atomic E-state index is 0.0638. The van der Waals surface area contributed by atoms with Gasteiger partial charge in [0, 0.05) is 29.3 Å². The van der Waals surface area contributed by atoms with Gasteiger partial charge in [0.1, 0.15) is 5.75 Å². The molecule has 0 radical (unpaired) electrons. The van der Waals surface area contributed by atoms with Gasteiger partial charge >= 0.3 is 0 Å². The molecule has 2 amide bonds. The van der Waals surface area contributed by atoms with Crippen molar-refractivity contribution in [3.63, 3.8) is 0 Å². The van der Waals surface area contributed by atoms with E-state index < -0.39 is 0 Å². The lowest BCUT2D eigenvalue weighted by Gasteiger charge is -2.13. The number of halogens is 1. The first kappa shape index (κ1) is 23.4. The number of carbonyl (C=O) groups is 2. The van der Waals surface area contributed by atoms with E-state index in [9.17, 15) is 9.59 Å². The summed E-state index contributed by atoms with van der Waals surface area (Å²) in [5.74, 6) is 0.0574. The van der Waals surface area contributed by atoms with Crippen LogP contribution >= 0.6 is 23.8 Å². The van der Waals surface area contributed by atoms with Crippen molar-refractivity contribution in [3.8, 4) is 5.75 Å². The number of thiocarbonyl (C=S) groups is 1. The summed E-state index contributed by atoms with van der Waals surface area (Å²) in [7, 11) is 1.52. The fraction of sp³-hybridized carbons (Fsp3) is 0.227. The van der Waals surface area contributed by atoms with E-state index in [1.807, 2.05) is 6.92 Å². The predicted octanol–water partition coefficient (Wildman–Crippen LogP) is 5.00. The number of nitrogens with one attached hydrogen (secondary N) is 3. The summed E-state index contributed by atoms with van der Waals surface area (Å²) >= 11 is 11.0. The minimum Gasteiger partial charge on any atom is -0.494 e. The number of anilines is 2. The van der Waals surface area contributed by atoms with E-state index in [-0.39, 0.29) is 16.9 Å². The van der Waals surface area contributed by atoms with E-state index in [1.54, 1.807) is 48.5 Å². The number of amides is 2. The van der Waals surface area contributed by atoms with E-state index in [0.717, 1.165) is 18.4 Å². The summed E-state index contributed by atoms with van der Waals surface area (Å²) < 4.78 is 5.34. The fourth-order valence-corrected chi connectivity index (χ4v) is 2.83. The molecular weight excluding hydrogens is 422 g/mol. The van der Waals surface area contributed by atoms with E-state index in [2.05, 4.69) is 16.0 Å². The van der Waals surface area contributed by atoms with Crippen molar-refractivity contribution in [2.24, 2.45) is 0 Å². The second-order valence-electron chi connectivity index (χ2n) is 6.40. The Morgan fingerprint density at radius 2 is 1.87 bits per heavy atom. The van der Waals surface area contributed by atoms with Crippen molar-refractivity contribution < 1.29 is 14.3 Å². The molecule has 0 saturated carbocycles. The zero-order valence-corrected chi connectivity index (χ0v) is 18.4. The summed E-state index contributed by atoms with van der Waals surface area (Å²) in [6.07, 6.45) is 5.28. The molecule has 0 aliphatic carbocycles. The molecule has 2 aromatic rings. The Balaban J connectivity index is 1.93. The first-order valence-electron chi connectivity index (χ1n) is 9.44. The van der Waals surface area contributed by atoms with Crippen LogP contribution in [0.5, 0.6) is 5.75 Å². The molecule has 30 heavy (non-hydrogen) atoms. The Bertz CT molecular complexity index is 930. The maximum Gasteiger partial charge on any atom is 0.250 e. The predicted molar refractivity (Wildman–Crippen MR) is 126 cm³/mol. The molecule has 0 unspecified atom stereocenters. The molecule has 2 rings (SSSR count). The van der Waals surface area contributed by atoms with E-state index in [1.165, 1.54) is 13.2 Å². The van der Waals surface area contributed by atoms with E-state index >= 15 is 0 Å². The third-order valence-corrected chi connectivity index (χ3v) is 4.48. The Kier molecular flexibility index (Phi) is 9.31. The zero-order valence-electron chi connectivity index (χ0n) is 16.8. The quantitative estimate of drug-likeness (QED) is 0.393. The highest BCUT2D eigenvalue weighted by Gasteiger charge is 2.09. The number of ether oxygens (including phenoxy) is 1. The van der Waals surface area contributed by atoms with Crippen molar-refractivity contribution in [3.05, 3.63) is 59.1 Å². The molecule has 0 spiro atoms. The summed E-state index contributed by atoms with van der Waals surface area (Å²) in [5.41, 5.74) is 2.03. The minimum atomic E-state index is -0.366. The van der Waals surface area contributed by atoms with Crippen LogP contribution in [0.15, 0.2) is 48.5 Å². The van der Waals surface area contributed by atoms with Gasteiger partial charge in [-0.2, -0.15) is 0 Å². The maximum atomic E-state index is 12.0. The standard InChI is InChI=1S/C22H24ClN3O3S/c1-3-4-5-20(27)25-18-12-11-17(14-19(18)29-2)24-22(30)26-21(28)13-8-15-6-9-16(23)10-7-15/h6-14H,3-5H2,1-2H3,(H,25,27)(H2,24,26,28,30). The second-order valence-corrected chi connectivity index (χ2v) is 7.24. The van der Waals surface area contributed by atoms with Gasteiger partial charge in [-0.1, -0.05) is 37.1 Å². The van der Waals surface area contributed by atoms with Gasteiger partial charge in [-0.05, 0) is 54.5 Å². The SMILES string of the molecule is CCCCC(=O)Nc1ccc(NC(=S)NC(=O)C=Cc2ccc(Cl)cc2)cc1OC. The maximum absolute atomic E-state index is 12.0. The molecule has 8 heteroatoms. The number of carbonyl (C=O) groups excluding carboxylic acids is 2. The highest BCUT2D eigenvalue weighted by molar-refractivity contribution is 7.80. The number of unbranched alkanes of at least 4 members (excludes halogenated alkanes) is 1. The van der Waals surface area contributed by atoms with Crippen molar-refractivity contribution in [1.82, 2.24) is 5.32 Å². The molecule has 0 aliphatic heterocycles. The van der Waals surface area contributed by atoms with Gasteiger partial charge in [0.2, 0.25) is 11.8 Å². The monoisotopic (exact) mass is 445 g/mol. The lowest BCUT2D eigenvalue weighted by molar-refractivity contribution is -0.116. The van der Waals surface area contributed by atoms with Crippen LogP contribution in [0.3, 0.4) is 0 Å². The highest BCUT2D eigenvalue weighted by Crippen LogP contribution is 2.28. The average molecular weight is 446 g/mol. The van der Waals surface area contributed by atoms with Crippen LogP contribution < -0.4 is 20.7 Å². The molecule has 0 atom stereocenters. The zero-order chi connectivity index (χ0) is 21.9. The Hall–Kier alpha value is -2.90. The number of hydrogen-bond acceptors (Lipinski definition) is 4. The third kappa shape index (κ3) is 7.85. The Morgan fingerprint density at radius 3 is 2.53 bits per heavy atom. The smallest absolute Gasteiger partial charge is 0.250 e. The van der Waals surface area contributed by atoms with Gasteiger partial charge in [-0.25, -0.2) is 0 Å². The normalized spacial score (nSPS) is 10.5. The third-order valence-electron chi connectivity index (χ3n) is 4.02. The number of rotatable bonds is 8. The van der Waals surface area contributed by atoms with Crippen LogP contribution in [0.2, 0.25) is 5.02 Å². The molecule has 3 N–H and O–H groups in total. The molecule has 0 bridgehead atoms. The van der Waals surface area contributed by atoms with E-state index in [4.69, 9.17) is 28.6 Å². The molecule has 2 aromatic carbocycles. The van der Waals surface area contributed by atoms with Gasteiger partial charge < -0.3 is 15.4 Å². The van der Waals surface area contributed by atoms with Crippen molar-refractivity contribution in [2.75, 3.05) is 17.7 Å². The largest absolute Gasteiger partial charge is 0.494 e. The van der Waals surface area contributed by atoms with E-state index in [0.29, 0.717) is 28.6 Å². The number of hydrogen-bond donors (Lipinski definition) is 3. The Morgan fingerprint density at radius 1 is 1.13 bits per heavy atom. The van der Waals surface area contributed by atoms with Crippen LogP contribution in [0.4, 0.5) is 11.4 Å². The van der Waals surface area contributed by atoms with Crippen LogP contribution in [0.25, 0.3) is 6.08 Å². The molecule has 0 saturated heterocycles. The van der Waals surface area contributed by atoms with Crippen LogP contribution in [0, 0.1) is 0 Å². The molecule has 6 nitrogen and oxygen atoms in total. The summed E-state index contributed by atoms with van der Waals surface area (Å²) in [4.78, 5) is 24.0. The Labute approximate surface area is 186 Å². The van der Waals surface area contributed by atoms with Gasteiger partial charge in [0.25, 0.3) is 0 Å². The summed E-state index contributed by atoms with van der Waals surface area (Å²) in [5, 5.41) is 9.10. The lowest BCUT2D eigenvalue weighted by atomic mass is 10.2.